The molecule has 1 aromatic heterocycles. The smallest absolute Gasteiger partial charge is 0.267 e. The summed E-state index contributed by atoms with van der Waals surface area (Å²) in [5.41, 5.74) is -1.03. The highest BCUT2D eigenvalue weighted by molar-refractivity contribution is 9.10. The van der Waals surface area contributed by atoms with E-state index in [4.69, 9.17) is 10.4 Å². The van der Waals surface area contributed by atoms with Gasteiger partial charge in [-0.15, -0.1) is 0 Å². The van der Waals surface area contributed by atoms with Crippen LogP contribution in [-0.4, -0.2) is 10.1 Å². The second-order valence-corrected chi connectivity index (χ2v) is 2.89. The largest absolute Gasteiger partial charge is 0.505 e. The van der Waals surface area contributed by atoms with Crippen LogP contribution in [0.5, 0.6) is 5.75 Å². The molecule has 0 bridgehead atoms. The van der Waals surface area contributed by atoms with E-state index in [1.165, 1.54) is 6.07 Å². The number of pyridine rings is 1. The molecule has 1 heterocycles. The van der Waals surface area contributed by atoms with Gasteiger partial charge in [-0.1, -0.05) is 0 Å². The van der Waals surface area contributed by atoms with Gasteiger partial charge in [-0.25, -0.2) is 13.8 Å². The van der Waals surface area contributed by atoms with Crippen LogP contribution in [0.2, 0.25) is 0 Å². The van der Waals surface area contributed by atoms with Gasteiger partial charge in [0.2, 0.25) is 0 Å². The average Bonchev–Trinajstić information content (AvgIpc) is 2.07. The van der Waals surface area contributed by atoms with E-state index < -0.39 is 23.3 Å². The second-order valence-electron chi connectivity index (χ2n) is 2.14. The molecular weight excluding hydrogens is 246 g/mol. The Balaban J connectivity index is 3.46. The highest BCUT2D eigenvalue weighted by Gasteiger charge is 2.20. The van der Waals surface area contributed by atoms with Crippen molar-refractivity contribution >= 4 is 15.9 Å². The minimum absolute atomic E-state index is 0.128. The van der Waals surface area contributed by atoms with Crippen LogP contribution in [0.3, 0.4) is 0 Å². The first-order valence-corrected chi connectivity index (χ1v) is 3.92. The number of alkyl halides is 2. The lowest BCUT2D eigenvalue weighted by molar-refractivity contribution is 0.149. The molecule has 0 aromatic carbocycles. The molecule has 1 N–H and O–H groups in total. The van der Waals surface area contributed by atoms with E-state index in [-0.39, 0.29) is 4.60 Å². The fourth-order valence-electron chi connectivity index (χ4n) is 0.810. The van der Waals surface area contributed by atoms with Crippen molar-refractivity contribution in [2.45, 2.75) is 6.43 Å². The Bertz CT molecular complexity index is 375. The van der Waals surface area contributed by atoms with Crippen molar-refractivity contribution in [3.05, 3.63) is 21.9 Å². The molecule has 0 aliphatic rings. The number of aromatic nitrogens is 1. The molecule has 1 aromatic rings. The maximum atomic E-state index is 12.3. The molecule has 0 amide bonds. The van der Waals surface area contributed by atoms with Gasteiger partial charge in [-0.05, 0) is 15.9 Å². The van der Waals surface area contributed by atoms with Crippen molar-refractivity contribution in [3.63, 3.8) is 0 Å². The third-order valence-electron chi connectivity index (χ3n) is 1.38. The van der Waals surface area contributed by atoms with Gasteiger partial charge in [-0.3, -0.25) is 0 Å². The molecular formula is C7H3BrF2N2O. The Morgan fingerprint density at radius 3 is 2.62 bits per heavy atom. The maximum Gasteiger partial charge on any atom is 0.267 e. The topological polar surface area (TPSA) is 56.9 Å². The molecule has 0 atom stereocenters. The first-order valence-electron chi connectivity index (χ1n) is 3.13. The van der Waals surface area contributed by atoms with Gasteiger partial charge in [0, 0.05) is 0 Å². The molecule has 0 radical (unpaired) electrons. The summed E-state index contributed by atoms with van der Waals surface area (Å²) in [6, 6.07) is 1.49. The minimum atomic E-state index is -2.84. The highest BCUT2D eigenvalue weighted by atomic mass is 79.9. The van der Waals surface area contributed by atoms with Gasteiger partial charge < -0.3 is 5.11 Å². The molecule has 3 nitrogen and oxygen atoms in total. The number of hydrogen-bond acceptors (Lipinski definition) is 3. The number of nitrogens with zero attached hydrogens (tertiary/aromatic N) is 2. The van der Waals surface area contributed by atoms with Crippen LogP contribution in [0, 0.1) is 11.3 Å². The van der Waals surface area contributed by atoms with Gasteiger partial charge in [0.1, 0.15) is 16.2 Å². The monoisotopic (exact) mass is 248 g/mol. The minimum Gasteiger partial charge on any atom is -0.505 e. The lowest BCUT2D eigenvalue weighted by Gasteiger charge is -2.05. The Hall–Kier alpha value is -1.22. The molecule has 0 aliphatic heterocycles. The van der Waals surface area contributed by atoms with Gasteiger partial charge in [0.15, 0.2) is 5.75 Å². The van der Waals surface area contributed by atoms with Crippen LogP contribution in [0.25, 0.3) is 0 Å². The molecule has 0 saturated heterocycles. The number of aromatic hydroxyl groups is 1. The third-order valence-corrected chi connectivity index (χ3v) is 2.01. The van der Waals surface area contributed by atoms with E-state index in [2.05, 4.69) is 20.9 Å². The van der Waals surface area contributed by atoms with Crippen molar-refractivity contribution in [1.82, 2.24) is 4.98 Å². The van der Waals surface area contributed by atoms with E-state index in [0.717, 1.165) is 6.20 Å². The first-order chi connectivity index (χ1) is 6.07. The van der Waals surface area contributed by atoms with Gasteiger partial charge in [-0.2, -0.15) is 5.26 Å². The van der Waals surface area contributed by atoms with Crippen LogP contribution in [-0.2, 0) is 0 Å². The Kier molecular flexibility index (Phi) is 2.78. The molecule has 0 saturated carbocycles. The maximum absolute atomic E-state index is 12.3. The summed E-state index contributed by atoms with van der Waals surface area (Å²) < 4.78 is 24.5. The standard InChI is InChI=1S/C7H3BrF2N2O/c8-6-5(7(9)10)3(1-11)4(13)2-12-6/h2,7,13H. The molecule has 13 heavy (non-hydrogen) atoms. The molecule has 0 fully saturated rings. The summed E-state index contributed by atoms with van der Waals surface area (Å²) in [5.74, 6) is -0.541. The lowest BCUT2D eigenvalue weighted by atomic mass is 10.1. The first kappa shape index (κ1) is 9.86. The fraction of sp³-hybridized carbons (Fsp3) is 0.143. The number of hydrogen-bond donors (Lipinski definition) is 1. The average molecular weight is 249 g/mol. The Morgan fingerprint density at radius 2 is 2.23 bits per heavy atom. The van der Waals surface area contributed by atoms with E-state index in [9.17, 15) is 8.78 Å². The highest BCUT2D eigenvalue weighted by Crippen LogP contribution is 2.32. The van der Waals surface area contributed by atoms with Crippen LogP contribution in [0.1, 0.15) is 17.6 Å². The van der Waals surface area contributed by atoms with Gasteiger partial charge >= 0.3 is 0 Å². The predicted molar refractivity (Wildman–Crippen MR) is 43.3 cm³/mol. The fourth-order valence-corrected chi connectivity index (χ4v) is 1.28. The number of nitriles is 1. The molecule has 1 rings (SSSR count). The Labute approximate surface area is 80.8 Å². The van der Waals surface area contributed by atoms with Crippen molar-refractivity contribution in [3.8, 4) is 11.8 Å². The van der Waals surface area contributed by atoms with Crippen LogP contribution >= 0.6 is 15.9 Å². The number of rotatable bonds is 1. The summed E-state index contributed by atoms with van der Waals surface area (Å²) in [7, 11) is 0. The van der Waals surface area contributed by atoms with E-state index in [0.29, 0.717) is 0 Å². The number of halogens is 3. The normalized spacial score (nSPS) is 10.1. The van der Waals surface area contributed by atoms with Crippen molar-refractivity contribution in [2.24, 2.45) is 0 Å². The van der Waals surface area contributed by atoms with Crippen LogP contribution in [0.15, 0.2) is 10.8 Å². The van der Waals surface area contributed by atoms with E-state index in [1.54, 1.807) is 0 Å². The van der Waals surface area contributed by atoms with Crippen molar-refractivity contribution in [1.29, 1.82) is 5.26 Å². The quantitative estimate of drug-likeness (QED) is 0.777. The van der Waals surface area contributed by atoms with Crippen molar-refractivity contribution < 1.29 is 13.9 Å². The summed E-state index contributed by atoms with van der Waals surface area (Å²) in [5, 5.41) is 17.5. The summed E-state index contributed by atoms with van der Waals surface area (Å²) in [6.07, 6.45) is -1.90. The SMILES string of the molecule is N#Cc1c(O)cnc(Br)c1C(F)F. The van der Waals surface area contributed by atoms with Crippen molar-refractivity contribution in [2.75, 3.05) is 0 Å². The zero-order chi connectivity index (χ0) is 10.0. The zero-order valence-electron chi connectivity index (χ0n) is 6.13. The Morgan fingerprint density at radius 1 is 1.62 bits per heavy atom. The zero-order valence-corrected chi connectivity index (χ0v) is 7.72. The third kappa shape index (κ3) is 1.75. The molecule has 0 aliphatic carbocycles. The van der Waals surface area contributed by atoms with E-state index >= 15 is 0 Å². The molecule has 0 unspecified atom stereocenters. The summed E-state index contributed by atoms with van der Waals surface area (Å²) >= 11 is 2.77. The summed E-state index contributed by atoms with van der Waals surface area (Å²) in [6.45, 7) is 0. The summed E-state index contributed by atoms with van der Waals surface area (Å²) in [4.78, 5) is 3.44. The molecule has 68 valence electrons. The lowest BCUT2D eigenvalue weighted by Crippen LogP contribution is -1.95. The van der Waals surface area contributed by atoms with Gasteiger partial charge in [0.25, 0.3) is 6.43 Å². The second kappa shape index (κ2) is 3.66. The van der Waals surface area contributed by atoms with E-state index in [1.807, 2.05) is 0 Å². The molecule has 0 spiro atoms. The predicted octanol–water partition coefficient (Wildman–Crippen LogP) is 2.36. The van der Waals surface area contributed by atoms with Crippen LogP contribution in [0.4, 0.5) is 8.78 Å². The molecule has 6 heteroatoms. The van der Waals surface area contributed by atoms with Gasteiger partial charge in [0.05, 0.1) is 11.8 Å². The van der Waals surface area contributed by atoms with Crippen LogP contribution < -0.4 is 0 Å².